The van der Waals surface area contributed by atoms with Crippen molar-refractivity contribution < 1.29 is 0 Å². The molecule has 0 bridgehead atoms. The van der Waals surface area contributed by atoms with Crippen LogP contribution < -0.4 is 27.8 Å². The van der Waals surface area contributed by atoms with Crippen LogP contribution in [-0.4, -0.2) is 95.4 Å². The maximum atomic E-state index is 5.67. The molecule has 158 valence electrons. The van der Waals surface area contributed by atoms with E-state index in [0.29, 0.717) is 0 Å². The van der Waals surface area contributed by atoms with Gasteiger partial charge in [0.05, 0.1) is 0 Å². The number of hydrogen-bond acceptors (Lipinski definition) is 7. The first kappa shape index (κ1) is 25.7. The van der Waals surface area contributed by atoms with Gasteiger partial charge in [-0.2, -0.15) is 0 Å². The van der Waals surface area contributed by atoms with Crippen molar-refractivity contribution in [1.29, 1.82) is 0 Å². The predicted octanol–water partition coefficient (Wildman–Crippen LogP) is -0.384. The van der Waals surface area contributed by atoms with Gasteiger partial charge in [0.2, 0.25) is 0 Å². The van der Waals surface area contributed by atoms with Crippen LogP contribution in [0.25, 0.3) is 0 Å². The van der Waals surface area contributed by atoms with Gasteiger partial charge in [0.15, 0.2) is 0 Å². The van der Waals surface area contributed by atoms with Crippen molar-refractivity contribution in [2.24, 2.45) is 17.2 Å². The van der Waals surface area contributed by atoms with Gasteiger partial charge in [-0.3, -0.25) is 0 Å². The van der Waals surface area contributed by atoms with E-state index in [9.17, 15) is 0 Å². The molecular formula is C19H47N7. The molecular weight excluding hydrogens is 326 g/mol. The van der Waals surface area contributed by atoms with E-state index < -0.39 is 0 Å². The van der Waals surface area contributed by atoms with Crippen molar-refractivity contribution in [1.82, 2.24) is 20.4 Å². The zero-order valence-electron chi connectivity index (χ0n) is 17.4. The molecule has 0 saturated heterocycles. The van der Waals surface area contributed by atoms with E-state index in [-0.39, 0.29) is 0 Å². The maximum absolute atomic E-state index is 5.67. The Balaban J connectivity index is 4.07. The first-order chi connectivity index (χ1) is 12.8. The van der Waals surface area contributed by atoms with Crippen molar-refractivity contribution in [2.45, 2.75) is 38.5 Å². The van der Waals surface area contributed by atoms with Crippen molar-refractivity contribution >= 4 is 0 Å². The lowest BCUT2D eigenvalue weighted by Crippen LogP contribution is -2.35. The average molecular weight is 374 g/mol. The summed E-state index contributed by atoms with van der Waals surface area (Å²) in [5.41, 5.74) is 16.9. The van der Waals surface area contributed by atoms with Crippen molar-refractivity contribution in [3.8, 4) is 0 Å². The fourth-order valence-electron chi connectivity index (χ4n) is 3.08. The van der Waals surface area contributed by atoms with E-state index in [0.717, 1.165) is 78.2 Å². The molecule has 0 aliphatic rings. The molecule has 0 radical (unpaired) electrons. The molecule has 0 aliphatic carbocycles. The van der Waals surface area contributed by atoms with Gasteiger partial charge in [0, 0.05) is 0 Å². The Bertz CT molecular complexity index is 258. The fraction of sp³-hybridized carbons (Fsp3) is 1.00. The molecule has 0 fully saturated rings. The Labute approximate surface area is 162 Å². The van der Waals surface area contributed by atoms with E-state index in [1.165, 1.54) is 38.9 Å². The van der Waals surface area contributed by atoms with Crippen LogP contribution in [0, 0.1) is 0 Å². The molecule has 7 nitrogen and oxygen atoms in total. The Kier molecular flexibility index (Phi) is 20.8. The van der Waals surface area contributed by atoms with E-state index in [1.807, 2.05) is 7.05 Å². The van der Waals surface area contributed by atoms with Gasteiger partial charge in [0.25, 0.3) is 0 Å². The fourth-order valence-corrected chi connectivity index (χ4v) is 3.08. The summed E-state index contributed by atoms with van der Waals surface area (Å²) in [7, 11) is 2.03. The predicted molar refractivity (Wildman–Crippen MR) is 115 cm³/mol. The van der Waals surface area contributed by atoms with Crippen LogP contribution in [-0.2, 0) is 0 Å². The van der Waals surface area contributed by atoms with Gasteiger partial charge >= 0.3 is 0 Å². The van der Waals surface area contributed by atoms with Gasteiger partial charge in [-0.05, 0) is 124 Å². The first-order valence-electron chi connectivity index (χ1n) is 10.7. The molecule has 0 saturated carbocycles. The summed E-state index contributed by atoms with van der Waals surface area (Å²) >= 11 is 0. The largest absolute Gasteiger partial charge is 0.330 e. The minimum atomic E-state index is 0.770. The molecule has 0 amide bonds. The Hall–Kier alpha value is -0.280. The second-order valence-electron chi connectivity index (χ2n) is 7.02. The molecule has 0 spiro atoms. The van der Waals surface area contributed by atoms with Gasteiger partial charge in [-0.25, -0.2) is 0 Å². The molecule has 0 rings (SSSR count). The normalized spacial score (nSPS) is 11.8. The van der Waals surface area contributed by atoms with Crippen molar-refractivity contribution in [3.63, 3.8) is 0 Å². The zero-order valence-corrected chi connectivity index (χ0v) is 17.4. The molecule has 0 atom stereocenters. The van der Waals surface area contributed by atoms with Crippen LogP contribution in [0.1, 0.15) is 38.5 Å². The molecule has 0 heterocycles. The third-order valence-corrected chi connectivity index (χ3v) is 4.59. The molecule has 0 aliphatic heterocycles. The lowest BCUT2D eigenvalue weighted by molar-refractivity contribution is 0.221. The standard InChI is InChI=1S/C19H47N7/c1-23-11-5-16-26(17-6-13-24-12-2-8-20)19-7-18-25(14-3-9-21)15-4-10-22/h23-24H,2-22H2,1H3. The Morgan fingerprint density at radius 1 is 0.538 bits per heavy atom. The molecule has 0 aromatic heterocycles. The lowest BCUT2D eigenvalue weighted by atomic mass is 10.2. The highest BCUT2D eigenvalue weighted by atomic mass is 15.1. The van der Waals surface area contributed by atoms with Crippen LogP contribution in [0.4, 0.5) is 0 Å². The van der Waals surface area contributed by atoms with Gasteiger partial charge in [-0.15, -0.1) is 0 Å². The highest BCUT2D eigenvalue weighted by molar-refractivity contribution is 4.65. The second kappa shape index (κ2) is 21.0. The second-order valence-corrected chi connectivity index (χ2v) is 7.02. The molecule has 8 N–H and O–H groups in total. The van der Waals surface area contributed by atoms with Crippen LogP contribution in [0.5, 0.6) is 0 Å². The Morgan fingerprint density at radius 3 is 1.46 bits per heavy atom. The third kappa shape index (κ3) is 17.1. The van der Waals surface area contributed by atoms with Crippen molar-refractivity contribution in [2.75, 3.05) is 85.6 Å². The molecule has 0 unspecified atom stereocenters. The summed E-state index contributed by atoms with van der Waals surface area (Å²) in [5.74, 6) is 0. The minimum Gasteiger partial charge on any atom is -0.330 e. The third-order valence-electron chi connectivity index (χ3n) is 4.59. The van der Waals surface area contributed by atoms with E-state index >= 15 is 0 Å². The highest BCUT2D eigenvalue weighted by Crippen LogP contribution is 2.01. The van der Waals surface area contributed by atoms with Crippen LogP contribution >= 0.6 is 0 Å². The number of hydrogen-bond donors (Lipinski definition) is 5. The van der Waals surface area contributed by atoms with E-state index in [1.54, 1.807) is 0 Å². The molecule has 0 aromatic carbocycles. The topological polar surface area (TPSA) is 109 Å². The Morgan fingerprint density at radius 2 is 0.962 bits per heavy atom. The summed E-state index contributed by atoms with van der Waals surface area (Å²) in [6.07, 6.45) is 6.84. The first-order valence-corrected chi connectivity index (χ1v) is 10.7. The summed E-state index contributed by atoms with van der Waals surface area (Å²) in [5, 5.41) is 6.73. The van der Waals surface area contributed by atoms with Crippen LogP contribution in [0.15, 0.2) is 0 Å². The minimum absolute atomic E-state index is 0.770. The summed E-state index contributed by atoms with van der Waals surface area (Å²) < 4.78 is 0. The number of nitrogens with two attached hydrogens (primary N) is 3. The maximum Gasteiger partial charge on any atom is -0.000653 e. The van der Waals surface area contributed by atoms with Crippen LogP contribution in [0.3, 0.4) is 0 Å². The van der Waals surface area contributed by atoms with Crippen molar-refractivity contribution in [3.05, 3.63) is 0 Å². The molecule has 26 heavy (non-hydrogen) atoms. The number of nitrogens with zero attached hydrogens (tertiary/aromatic N) is 2. The number of nitrogens with one attached hydrogen (secondary N) is 2. The summed E-state index contributed by atoms with van der Waals surface area (Å²) in [6, 6.07) is 0. The molecule has 0 aromatic rings. The SMILES string of the molecule is CNCCCN(CCCNCCCN)CCCN(CCCN)CCCN. The van der Waals surface area contributed by atoms with E-state index in [4.69, 9.17) is 17.2 Å². The monoisotopic (exact) mass is 373 g/mol. The van der Waals surface area contributed by atoms with E-state index in [2.05, 4.69) is 20.4 Å². The van der Waals surface area contributed by atoms with Gasteiger partial charge in [0.1, 0.15) is 0 Å². The lowest BCUT2D eigenvalue weighted by Gasteiger charge is -2.26. The van der Waals surface area contributed by atoms with Gasteiger partial charge < -0.3 is 37.6 Å². The van der Waals surface area contributed by atoms with Gasteiger partial charge in [-0.1, -0.05) is 0 Å². The quantitative estimate of drug-likeness (QED) is 0.174. The summed E-state index contributed by atoms with van der Waals surface area (Å²) in [6.45, 7) is 12.4. The zero-order chi connectivity index (χ0) is 19.3. The summed E-state index contributed by atoms with van der Waals surface area (Å²) in [4.78, 5) is 5.14. The molecule has 7 heteroatoms. The van der Waals surface area contributed by atoms with Crippen LogP contribution in [0.2, 0.25) is 0 Å². The number of rotatable bonds is 21. The average Bonchev–Trinajstić information content (AvgIpc) is 2.65. The highest BCUT2D eigenvalue weighted by Gasteiger charge is 2.08. The smallest absolute Gasteiger partial charge is 0.000653 e.